The minimum absolute atomic E-state index is 0.0198. The monoisotopic (exact) mass is 628 g/mol. The van der Waals surface area contributed by atoms with Crippen LogP contribution in [0.3, 0.4) is 0 Å². The lowest BCUT2D eigenvalue weighted by molar-refractivity contribution is -0.128. The van der Waals surface area contributed by atoms with Crippen molar-refractivity contribution < 1.29 is 14.3 Å². The molecular weight excluding hydrogens is 595 g/mol. The molecule has 1 unspecified atom stereocenters. The van der Waals surface area contributed by atoms with Crippen LogP contribution in [0.15, 0.2) is 59.8 Å². The standard InChI is InChI=1S/C30H34Cl2N6O3S/c1-3-41-25-7-5-4-6-24(25)35-12-14-36(15-13-35)28(39)20-42-30-33-26(32)18-27(34-30)37-16-17-38(21(2)19-37)29(40)22-8-10-23(31)11-9-22/h4-11,18,21H,3,12-17,19-20H2,1-2H3. The van der Waals surface area contributed by atoms with Crippen molar-refractivity contribution in [3.05, 3.63) is 70.3 Å². The van der Waals surface area contributed by atoms with Gasteiger partial charge in [-0.3, -0.25) is 9.59 Å². The van der Waals surface area contributed by atoms with Crippen molar-refractivity contribution in [1.29, 1.82) is 0 Å². The number of thioether (sulfide) groups is 1. The number of anilines is 2. The van der Waals surface area contributed by atoms with Gasteiger partial charge in [-0.1, -0.05) is 47.1 Å². The molecule has 0 spiro atoms. The van der Waals surface area contributed by atoms with E-state index in [9.17, 15) is 9.59 Å². The van der Waals surface area contributed by atoms with E-state index in [0.29, 0.717) is 66.0 Å². The van der Waals surface area contributed by atoms with Crippen LogP contribution in [-0.2, 0) is 4.79 Å². The molecule has 2 aliphatic heterocycles. The van der Waals surface area contributed by atoms with Crippen LogP contribution < -0.4 is 14.5 Å². The van der Waals surface area contributed by atoms with Gasteiger partial charge in [0.1, 0.15) is 16.7 Å². The topological polar surface area (TPSA) is 82.1 Å². The summed E-state index contributed by atoms with van der Waals surface area (Å²) in [6.07, 6.45) is 0. The highest BCUT2D eigenvalue weighted by Crippen LogP contribution is 2.29. The number of hydrogen-bond donors (Lipinski definition) is 0. The Morgan fingerprint density at radius 2 is 1.67 bits per heavy atom. The quantitative estimate of drug-likeness (QED) is 0.196. The minimum atomic E-state index is -0.0347. The number of rotatable bonds is 8. The lowest BCUT2D eigenvalue weighted by Gasteiger charge is -2.40. The number of carbonyl (C=O) groups is 2. The average molecular weight is 630 g/mol. The van der Waals surface area contributed by atoms with Gasteiger partial charge in [-0.25, -0.2) is 9.97 Å². The molecule has 3 aromatic rings. The molecule has 0 N–H and O–H groups in total. The van der Waals surface area contributed by atoms with Crippen LogP contribution in [0.2, 0.25) is 10.2 Å². The molecular formula is C30H34Cl2N6O3S. The Balaban J connectivity index is 1.14. The average Bonchev–Trinajstić information content (AvgIpc) is 3.00. The van der Waals surface area contributed by atoms with E-state index in [2.05, 4.69) is 20.9 Å². The summed E-state index contributed by atoms with van der Waals surface area (Å²) in [4.78, 5) is 43.3. The maximum absolute atomic E-state index is 13.1. The molecule has 9 nitrogen and oxygen atoms in total. The number of halogens is 2. The molecule has 222 valence electrons. The van der Waals surface area contributed by atoms with Gasteiger partial charge in [0.2, 0.25) is 5.91 Å². The van der Waals surface area contributed by atoms with Gasteiger partial charge in [0.05, 0.1) is 18.0 Å². The van der Waals surface area contributed by atoms with Crippen molar-refractivity contribution in [2.24, 2.45) is 0 Å². The number of aromatic nitrogens is 2. The van der Waals surface area contributed by atoms with E-state index >= 15 is 0 Å². The van der Waals surface area contributed by atoms with Crippen molar-refractivity contribution >= 4 is 58.3 Å². The highest BCUT2D eigenvalue weighted by molar-refractivity contribution is 7.99. The number of piperazine rings is 2. The SMILES string of the molecule is CCOc1ccccc1N1CCN(C(=O)CSc2nc(Cl)cc(N3CCN(C(=O)c4ccc(Cl)cc4)C(C)C3)n2)CC1. The normalized spacial score (nSPS) is 17.4. The van der Waals surface area contributed by atoms with Gasteiger partial charge < -0.3 is 24.3 Å². The van der Waals surface area contributed by atoms with Gasteiger partial charge in [0.15, 0.2) is 5.16 Å². The Morgan fingerprint density at radius 1 is 0.952 bits per heavy atom. The van der Waals surface area contributed by atoms with Gasteiger partial charge in [0, 0.05) is 68.5 Å². The summed E-state index contributed by atoms with van der Waals surface area (Å²) in [6.45, 7) is 9.12. The Hall–Kier alpha value is -3.21. The first-order valence-corrected chi connectivity index (χ1v) is 15.8. The molecule has 0 radical (unpaired) electrons. The fourth-order valence-corrected chi connectivity index (χ4v) is 6.36. The summed E-state index contributed by atoms with van der Waals surface area (Å²) in [7, 11) is 0. The smallest absolute Gasteiger partial charge is 0.254 e. The number of ether oxygens (including phenoxy) is 1. The van der Waals surface area contributed by atoms with E-state index in [0.717, 1.165) is 24.5 Å². The van der Waals surface area contributed by atoms with Crippen molar-refractivity contribution in [1.82, 2.24) is 19.8 Å². The lowest BCUT2D eigenvalue weighted by Crippen LogP contribution is -2.54. The van der Waals surface area contributed by atoms with Crippen molar-refractivity contribution in [3.63, 3.8) is 0 Å². The van der Waals surface area contributed by atoms with E-state index < -0.39 is 0 Å². The molecule has 12 heteroatoms. The van der Waals surface area contributed by atoms with Crippen LogP contribution in [0.4, 0.5) is 11.5 Å². The second-order valence-corrected chi connectivity index (χ2v) is 12.0. The zero-order chi connectivity index (χ0) is 29.6. The van der Waals surface area contributed by atoms with Gasteiger partial charge in [-0.2, -0.15) is 0 Å². The maximum atomic E-state index is 13.1. The molecule has 0 aliphatic carbocycles. The zero-order valence-electron chi connectivity index (χ0n) is 23.7. The fraction of sp³-hybridized carbons (Fsp3) is 0.400. The van der Waals surface area contributed by atoms with E-state index in [-0.39, 0.29) is 23.6 Å². The van der Waals surface area contributed by atoms with E-state index in [1.165, 1.54) is 11.8 Å². The van der Waals surface area contributed by atoms with E-state index in [1.54, 1.807) is 30.3 Å². The fourth-order valence-electron chi connectivity index (χ4n) is 5.25. The van der Waals surface area contributed by atoms with Crippen molar-refractivity contribution in [2.75, 3.05) is 68.0 Å². The summed E-state index contributed by atoms with van der Waals surface area (Å²) in [5.74, 6) is 1.82. The molecule has 2 fully saturated rings. The van der Waals surface area contributed by atoms with Crippen LogP contribution in [0, 0.1) is 0 Å². The first-order valence-electron chi connectivity index (χ1n) is 14.1. The lowest BCUT2D eigenvalue weighted by atomic mass is 10.1. The second-order valence-electron chi connectivity index (χ2n) is 10.2. The van der Waals surface area contributed by atoms with Crippen LogP contribution >= 0.6 is 35.0 Å². The molecule has 2 saturated heterocycles. The highest BCUT2D eigenvalue weighted by Gasteiger charge is 2.29. The number of nitrogens with zero attached hydrogens (tertiary/aromatic N) is 6. The number of amides is 2. The van der Waals surface area contributed by atoms with Gasteiger partial charge in [0.25, 0.3) is 5.91 Å². The molecule has 3 heterocycles. The number of hydrogen-bond acceptors (Lipinski definition) is 8. The maximum Gasteiger partial charge on any atom is 0.254 e. The van der Waals surface area contributed by atoms with Crippen LogP contribution in [0.5, 0.6) is 5.75 Å². The summed E-state index contributed by atoms with van der Waals surface area (Å²) in [5.41, 5.74) is 1.68. The van der Waals surface area contributed by atoms with Crippen molar-refractivity contribution in [2.45, 2.75) is 25.0 Å². The molecule has 5 rings (SSSR count). The summed E-state index contributed by atoms with van der Waals surface area (Å²) >= 11 is 13.6. The molecule has 1 aromatic heterocycles. The molecule has 42 heavy (non-hydrogen) atoms. The summed E-state index contributed by atoms with van der Waals surface area (Å²) in [6, 6.07) is 16.7. The summed E-state index contributed by atoms with van der Waals surface area (Å²) in [5, 5.41) is 1.38. The van der Waals surface area contributed by atoms with E-state index in [1.807, 2.05) is 41.8 Å². The molecule has 0 bridgehead atoms. The Morgan fingerprint density at radius 3 is 2.38 bits per heavy atom. The van der Waals surface area contributed by atoms with Gasteiger partial charge in [-0.15, -0.1) is 0 Å². The number of benzene rings is 2. The molecule has 2 amide bonds. The molecule has 0 saturated carbocycles. The third-order valence-corrected chi connectivity index (χ3v) is 8.70. The third-order valence-electron chi connectivity index (χ3n) is 7.43. The van der Waals surface area contributed by atoms with Crippen LogP contribution in [0.1, 0.15) is 24.2 Å². The third kappa shape index (κ3) is 7.22. The molecule has 2 aromatic carbocycles. The first kappa shape index (κ1) is 30.3. The van der Waals surface area contributed by atoms with Crippen LogP contribution in [0.25, 0.3) is 0 Å². The first-order chi connectivity index (χ1) is 20.3. The number of carbonyl (C=O) groups excluding carboxylic acids is 2. The predicted molar refractivity (Wildman–Crippen MR) is 168 cm³/mol. The van der Waals surface area contributed by atoms with E-state index in [4.69, 9.17) is 32.9 Å². The van der Waals surface area contributed by atoms with Crippen molar-refractivity contribution in [3.8, 4) is 5.75 Å². The second kappa shape index (κ2) is 13.8. The molecule has 1 atom stereocenters. The Bertz CT molecular complexity index is 1400. The van der Waals surface area contributed by atoms with Gasteiger partial charge >= 0.3 is 0 Å². The zero-order valence-corrected chi connectivity index (χ0v) is 26.0. The van der Waals surface area contributed by atoms with Gasteiger partial charge in [-0.05, 0) is 50.2 Å². The molecule has 2 aliphatic rings. The highest BCUT2D eigenvalue weighted by atomic mass is 35.5. The largest absolute Gasteiger partial charge is 0.492 e. The van der Waals surface area contributed by atoms with Crippen LogP contribution in [-0.4, -0.2) is 95.8 Å². The Kier molecular flexibility index (Phi) is 9.97. The Labute approximate surface area is 260 Å². The summed E-state index contributed by atoms with van der Waals surface area (Å²) < 4.78 is 5.78. The predicted octanol–water partition coefficient (Wildman–Crippen LogP) is 4.97. The minimum Gasteiger partial charge on any atom is -0.492 e. The number of para-hydroxylation sites is 2.